The van der Waals surface area contributed by atoms with Gasteiger partial charge in [0, 0.05) is 26.7 Å². The second-order valence-corrected chi connectivity index (χ2v) is 5.54. The molecule has 0 radical (unpaired) electrons. The number of ether oxygens (including phenoxy) is 1. The summed E-state index contributed by atoms with van der Waals surface area (Å²) in [6.45, 7) is 1.54. The second kappa shape index (κ2) is 9.00. The van der Waals surface area contributed by atoms with E-state index in [2.05, 4.69) is 15.6 Å². The van der Waals surface area contributed by atoms with Crippen LogP contribution >= 0.6 is 24.0 Å². The second-order valence-electron chi connectivity index (χ2n) is 5.54. The third kappa shape index (κ3) is 5.45. The van der Waals surface area contributed by atoms with Gasteiger partial charge in [0.05, 0.1) is 6.61 Å². The summed E-state index contributed by atoms with van der Waals surface area (Å²) in [4.78, 5) is 4.26. The van der Waals surface area contributed by atoms with Crippen LogP contribution in [0.3, 0.4) is 0 Å². The molecule has 2 N–H and O–H groups in total. The number of rotatable bonds is 5. The summed E-state index contributed by atoms with van der Waals surface area (Å²) in [5, 5.41) is 6.81. The SMILES string of the molecule is CN=C(NCCOC)NC1CC1C1CCCCC1.I. The molecule has 0 aromatic heterocycles. The quantitative estimate of drug-likeness (QED) is 0.333. The molecule has 0 aliphatic heterocycles. The molecule has 4 nitrogen and oxygen atoms in total. The van der Waals surface area contributed by atoms with E-state index in [0.717, 1.165) is 30.9 Å². The minimum atomic E-state index is 0. The Labute approximate surface area is 134 Å². The van der Waals surface area contributed by atoms with Gasteiger partial charge in [0.25, 0.3) is 0 Å². The average Bonchev–Trinajstić information content (AvgIpc) is 3.18. The van der Waals surface area contributed by atoms with Crippen LogP contribution in [0.4, 0.5) is 0 Å². The fourth-order valence-corrected chi connectivity index (χ4v) is 3.11. The zero-order chi connectivity index (χ0) is 12.8. The Balaban J connectivity index is 0.00000180. The lowest BCUT2D eigenvalue weighted by atomic mass is 9.85. The van der Waals surface area contributed by atoms with E-state index < -0.39 is 0 Å². The lowest BCUT2D eigenvalue weighted by Crippen LogP contribution is -2.40. The standard InChI is InChI=1S/C14H27N3O.HI/c1-15-14(16-8-9-18-2)17-13-10-12(13)11-6-4-3-5-7-11;/h11-13H,3-10H2,1-2H3,(H2,15,16,17);1H. The number of methoxy groups -OCH3 is 1. The minimum absolute atomic E-state index is 0. The first-order valence-electron chi connectivity index (χ1n) is 7.31. The number of halogens is 1. The molecule has 0 spiro atoms. The molecule has 2 atom stereocenters. The van der Waals surface area contributed by atoms with E-state index in [9.17, 15) is 0 Å². The lowest BCUT2D eigenvalue weighted by molar-refractivity contribution is 0.203. The Morgan fingerprint density at radius 3 is 2.63 bits per heavy atom. The first-order valence-corrected chi connectivity index (χ1v) is 7.31. The molecule has 0 saturated heterocycles. The summed E-state index contributed by atoms with van der Waals surface area (Å²) >= 11 is 0. The highest BCUT2D eigenvalue weighted by Crippen LogP contribution is 2.44. The highest BCUT2D eigenvalue weighted by molar-refractivity contribution is 14.0. The number of nitrogens with one attached hydrogen (secondary N) is 2. The number of nitrogens with zero attached hydrogens (tertiary/aromatic N) is 1. The van der Waals surface area contributed by atoms with Gasteiger partial charge in [-0.15, -0.1) is 24.0 Å². The van der Waals surface area contributed by atoms with E-state index in [0.29, 0.717) is 6.04 Å². The summed E-state index contributed by atoms with van der Waals surface area (Å²) < 4.78 is 5.03. The van der Waals surface area contributed by atoms with E-state index >= 15 is 0 Å². The molecule has 0 bridgehead atoms. The third-order valence-electron chi connectivity index (χ3n) is 4.24. The third-order valence-corrected chi connectivity index (χ3v) is 4.24. The molecule has 0 aromatic rings. The molecule has 2 saturated carbocycles. The summed E-state index contributed by atoms with van der Waals surface area (Å²) in [7, 11) is 3.55. The molecule has 2 aliphatic rings. The minimum Gasteiger partial charge on any atom is -0.383 e. The van der Waals surface area contributed by atoms with Crippen LogP contribution in [-0.2, 0) is 4.74 Å². The molecular formula is C14H28IN3O. The van der Waals surface area contributed by atoms with E-state index in [1.165, 1.54) is 38.5 Å². The summed E-state index contributed by atoms with van der Waals surface area (Å²) in [6, 6.07) is 0.654. The van der Waals surface area contributed by atoms with Crippen molar-refractivity contribution in [1.82, 2.24) is 10.6 Å². The van der Waals surface area contributed by atoms with Gasteiger partial charge in [-0.1, -0.05) is 32.1 Å². The van der Waals surface area contributed by atoms with Gasteiger partial charge >= 0.3 is 0 Å². The maximum Gasteiger partial charge on any atom is 0.191 e. The monoisotopic (exact) mass is 381 g/mol. The van der Waals surface area contributed by atoms with Gasteiger partial charge in [0.15, 0.2) is 5.96 Å². The maximum atomic E-state index is 5.03. The first kappa shape index (κ1) is 17.0. The Morgan fingerprint density at radius 2 is 2.00 bits per heavy atom. The first-order chi connectivity index (χ1) is 8.85. The molecule has 0 heterocycles. The van der Waals surface area contributed by atoms with Crippen LogP contribution < -0.4 is 10.6 Å². The summed E-state index contributed by atoms with van der Waals surface area (Å²) in [6.07, 6.45) is 8.54. The lowest BCUT2D eigenvalue weighted by Gasteiger charge is -2.22. The molecule has 5 heteroatoms. The maximum absolute atomic E-state index is 5.03. The molecule has 2 unspecified atom stereocenters. The van der Waals surface area contributed by atoms with Gasteiger partial charge in [0.1, 0.15) is 0 Å². The predicted molar refractivity (Wildman–Crippen MR) is 90.3 cm³/mol. The van der Waals surface area contributed by atoms with Crippen LogP contribution in [0.5, 0.6) is 0 Å². The van der Waals surface area contributed by atoms with E-state index in [1.54, 1.807) is 7.11 Å². The van der Waals surface area contributed by atoms with E-state index in [-0.39, 0.29) is 24.0 Å². The van der Waals surface area contributed by atoms with Crippen molar-refractivity contribution in [2.75, 3.05) is 27.3 Å². The summed E-state index contributed by atoms with van der Waals surface area (Å²) in [5.41, 5.74) is 0. The van der Waals surface area contributed by atoms with Crippen molar-refractivity contribution in [3.8, 4) is 0 Å². The fraction of sp³-hybridized carbons (Fsp3) is 0.929. The van der Waals surface area contributed by atoms with Crippen molar-refractivity contribution < 1.29 is 4.74 Å². The van der Waals surface area contributed by atoms with Crippen molar-refractivity contribution in [3.05, 3.63) is 0 Å². The number of hydrogen-bond donors (Lipinski definition) is 2. The van der Waals surface area contributed by atoms with Crippen molar-refractivity contribution in [2.24, 2.45) is 16.8 Å². The van der Waals surface area contributed by atoms with Crippen molar-refractivity contribution >= 4 is 29.9 Å². The van der Waals surface area contributed by atoms with Crippen molar-refractivity contribution in [3.63, 3.8) is 0 Å². The molecule has 19 heavy (non-hydrogen) atoms. The van der Waals surface area contributed by atoms with Gasteiger partial charge in [0.2, 0.25) is 0 Å². The van der Waals surface area contributed by atoms with Crippen LogP contribution in [-0.4, -0.2) is 39.3 Å². The van der Waals surface area contributed by atoms with Crippen LogP contribution in [0.25, 0.3) is 0 Å². The average molecular weight is 381 g/mol. The molecular weight excluding hydrogens is 353 g/mol. The van der Waals surface area contributed by atoms with E-state index in [1.807, 2.05) is 7.05 Å². The Kier molecular flexibility index (Phi) is 8.06. The molecule has 2 fully saturated rings. The smallest absolute Gasteiger partial charge is 0.191 e. The van der Waals surface area contributed by atoms with Crippen LogP contribution in [0, 0.1) is 11.8 Å². The van der Waals surface area contributed by atoms with Gasteiger partial charge in [-0.05, 0) is 18.3 Å². The molecule has 112 valence electrons. The highest BCUT2D eigenvalue weighted by Gasteiger charge is 2.43. The molecule has 0 aromatic carbocycles. The van der Waals surface area contributed by atoms with Crippen molar-refractivity contribution in [1.29, 1.82) is 0 Å². The molecule has 0 amide bonds. The number of hydrogen-bond acceptors (Lipinski definition) is 2. The van der Waals surface area contributed by atoms with Gasteiger partial charge in [-0.25, -0.2) is 0 Å². The highest BCUT2D eigenvalue weighted by atomic mass is 127. The zero-order valence-electron chi connectivity index (χ0n) is 12.2. The molecule has 2 rings (SSSR count). The zero-order valence-corrected chi connectivity index (χ0v) is 14.5. The number of guanidine groups is 1. The summed E-state index contributed by atoms with van der Waals surface area (Å²) in [5.74, 6) is 2.79. The topological polar surface area (TPSA) is 45.7 Å². The van der Waals surface area contributed by atoms with Gasteiger partial charge in [-0.3, -0.25) is 4.99 Å². The van der Waals surface area contributed by atoms with Gasteiger partial charge in [-0.2, -0.15) is 0 Å². The normalized spacial score (nSPS) is 27.6. The Morgan fingerprint density at radius 1 is 1.26 bits per heavy atom. The van der Waals surface area contributed by atoms with Crippen molar-refractivity contribution in [2.45, 2.75) is 44.6 Å². The molecule has 2 aliphatic carbocycles. The predicted octanol–water partition coefficient (Wildman–Crippen LogP) is 2.38. The fourth-order valence-electron chi connectivity index (χ4n) is 3.11. The number of aliphatic imine (C=N–C) groups is 1. The van der Waals surface area contributed by atoms with Crippen LogP contribution in [0.1, 0.15) is 38.5 Å². The van der Waals surface area contributed by atoms with Gasteiger partial charge < -0.3 is 15.4 Å². The largest absolute Gasteiger partial charge is 0.383 e. The van der Waals surface area contributed by atoms with Crippen LogP contribution in [0.2, 0.25) is 0 Å². The van der Waals surface area contributed by atoms with E-state index in [4.69, 9.17) is 4.74 Å². The Bertz CT molecular complexity index is 280. The van der Waals surface area contributed by atoms with Crippen LogP contribution in [0.15, 0.2) is 4.99 Å². The Hall–Kier alpha value is -0.0400.